The Morgan fingerprint density at radius 3 is 2.90 bits per heavy atom. The Morgan fingerprint density at radius 1 is 1.29 bits per heavy atom. The molecule has 0 saturated heterocycles. The Morgan fingerprint density at radius 2 is 2.10 bits per heavy atom. The lowest BCUT2D eigenvalue weighted by Crippen LogP contribution is -2.16. The second-order valence-electron chi connectivity index (χ2n) is 4.84. The highest BCUT2D eigenvalue weighted by molar-refractivity contribution is 9.10. The van der Waals surface area contributed by atoms with Crippen molar-refractivity contribution in [2.45, 2.75) is 12.5 Å². The van der Waals surface area contributed by atoms with E-state index >= 15 is 0 Å². The first kappa shape index (κ1) is 14.2. The molecule has 1 aliphatic heterocycles. The average Bonchev–Trinajstić information content (AvgIpc) is 2.47. The highest BCUT2D eigenvalue weighted by atomic mass is 79.9. The smallest absolute Gasteiger partial charge is 0.175 e. The molecule has 21 heavy (non-hydrogen) atoms. The second-order valence-corrected chi connectivity index (χ2v) is 5.69. The molecule has 0 radical (unpaired) electrons. The fourth-order valence-electron chi connectivity index (χ4n) is 2.29. The highest BCUT2D eigenvalue weighted by Gasteiger charge is 2.19. The maximum Gasteiger partial charge on any atom is 0.175 e. The largest absolute Gasteiger partial charge is 0.486 e. The van der Waals surface area contributed by atoms with Crippen molar-refractivity contribution >= 4 is 21.7 Å². The summed E-state index contributed by atoms with van der Waals surface area (Å²) in [5.41, 5.74) is 7.35. The van der Waals surface area contributed by atoms with Crippen LogP contribution in [0.15, 0.2) is 34.9 Å². The number of aliphatic hydroxyl groups excluding tert-OH is 1. The quantitative estimate of drug-likeness (QED) is 0.888. The summed E-state index contributed by atoms with van der Waals surface area (Å²) in [6.45, 7) is 1.05. The van der Waals surface area contributed by atoms with Crippen LogP contribution in [0.3, 0.4) is 0 Å². The third kappa shape index (κ3) is 3.11. The molecule has 110 valence electrons. The van der Waals surface area contributed by atoms with E-state index in [-0.39, 0.29) is 0 Å². The van der Waals surface area contributed by atoms with Gasteiger partial charge in [-0.3, -0.25) is 0 Å². The SMILES string of the molecule is Nc1cc(CC(O)c2cc(Br)c3c(c2)OCCO3)ccn1. The van der Waals surface area contributed by atoms with Gasteiger partial charge >= 0.3 is 0 Å². The van der Waals surface area contributed by atoms with Crippen molar-refractivity contribution < 1.29 is 14.6 Å². The fourth-order valence-corrected chi connectivity index (χ4v) is 2.86. The van der Waals surface area contributed by atoms with Crippen LogP contribution in [0.4, 0.5) is 5.82 Å². The maximum atomic E-state index is 10.4. The number of benzene rings is 1. The maximum absolute atomic E-state index is 10.4. The molecule has 5 nitrogen and oxygen atoms in total. The van der Waals surface area contributed by atoms with Gasteiger partial charge in [-0.1, -0.05) is 0 Å². The minimum absolute atomic E-state index is 0.447. The number of hydrogen-bond donors (Lipinski definition) is 2. The molecule has 0 bridgehead atoms. The highest BCUT2D eigenvalue weighted by Crippen LogP contribution is 2.40. The van der Waals surface area contributed by atoms with Gasteiger partial charge in [-0.2, -0.15) is 0 Å². The van der Waals surface area contributed by atoms with Gasteiger partial charge in [0.05, 0.1) is 10.6 Å². The first-order chi connectivity index (χ1) is 10.1. The van der Waals surface area contributed by atoms with Crippen molar-refractivity contribution in [1.82, 2.24) is 4.98 Å². The monoisotopic (exact) mass is 350 g/mol. The van der Waals surface area contributed by atoms with Gasteiger partial charge in [-0.15, -0.1) is 0 Å². The van der Waals surface area contributed by atoms with Crippen LogP contribution in [0.25, 0.3) is 0 Å². The van der Waals surface area contributed by atoms with Gasteiger partial charge in [0.15, 0.2) is 11.5 Å². The van der Waals surface area contributed by atoms with Crippen LogP contribution >= 0.6 is 15.9 Å². The molecule has 0 aliphatic carbocycles. The number of pyridine rings is 1. The number of rotatable bonds is 3. The molecule has 1 aromatic carbocycles. The van der Waals surface area contributed by atoms with E-state index in [1.54, 1.807) is 12.3 Å². The van der Waals surface area contributed by atoms with E-state index in [2.05, 4.69) is 20.9 Å². The minimum Gasteiger partial charge on any atom is -0.486 e. The van der Waals surface area contributed by atoms with Gasteiger partial charge in [-0.25, -0.2) is 4.98 Å². The van der Waals surface area contributed by atoms with E-state index in [9.17, 15) is 5.11 Å². The van der Waals surface area contributed by atoms with Crippen molar-refractivity contribution in [3.05, 3.63) is 46.1 Å². The summed E-state index contributed by atoms with van der Waals surface area (Å²) < 4.78 is 11.9. The van der Waals surface area contributed by atoms with Crippen LogP contribution in [0, 0.1) is 0 Å². The molecule has 1 aliphatic rings. The third-order valence-electron chi connectivity index (χ3n) is 3.28. The molecule has 1 unspecified atom stereocenters. The Kier molecular flexibility index (Phi) is 3.98. The number of nitrogens with two attached hydrogens (primary N) is 1. The molecule has 1 atom stereocenters. The van der Waals surface area contributed by atoms with Gasteiger partial charge in [-0.05, 0) is 51.3 Å². The molecule has 0 spiro atoms. The lowest BCUT2D eigenvalue weighted by molar-refractivity contribution is 0.163. The number of fused-ring (bicyclic) bond motifs is 1. The zero-order valence-electron chi connectivity index (χ0n) is 11.3. The van der Waals surface area contributed by atoms with Crippen molar-refractivity contribution in [1.29, 1.82) is 0 Å². The van der Waals surface area contributed by atoms with Crippen molar-refractivity contribution in [3.8, 4) is 11.5 Å². The first-order valence-electron chi connectivity index (χ1n) is 6.61. The lowest BCUT2D eigenvalue weighted by atomic mass is 10.0. The van der Waals surface area contributed by atoms with Crippen molar-refractivity contribution in [3.63, 3.8) is 0 Å². The molecule has 2 aromatic rings. The van der Waals surface area contributed by atoms with E-state index in [0.29, 0.717) is 37.0 Å². The molecule has 0 fully saturated rings. The standard InChI is InChI=1S/C15H15BrN2O3/c16-11-7-10(8-13-15(11)21-4-3-20-13)12(19)5-9-1-2-18-14(17)6-9/h1-2,6-8,12,19H,3-5H2,(H2,17,18). The molecule has 3 rings (SSSR count). The van der Waals surface area contributed by atoms with Gasteiger partial charge in [0.25, 0.3) is 0 Å². The summed E-state index contributed by atoms with van der Waals surface area (Å²) in [6.07, 6.45) is 1.44. The Bertz CT molecular complexity index is 663. The lowest BCUT2D eigenvalue weighted by Gasteiger charge is -2.21. The van der Waals surface area contributed by atoms with E-state index in [1.807, 2.05) is 18.2 Å². The van der Waals surface area contributed by atoms with E-state index in [4.69, 9.17) is 15.2 Å². The topological polar surface area (TPSA) is 77.6 Å². The van der Waals surface area contributed by atoms with Crippen LogP contribution < -0.4 is 15.2 Å². The molecule has 2 heterocycles. The van der Waals surface area contributed by atoms with E-state index in [1.165, 1.54) is 0 Å². The summed E-state index contributed by atoms with van der Waals surface area (Å²) in [5, 5.41) is 10.4. The number of ether oxygens (including phenoxy) is 2. The van der Waals surface area contributed by atoms with Crippen LogP contribution in [-0.2, 0) is 6.42 Å². The van der Waals surface area contributed by atoms with Gasteiger partial charge < -0.3 is 20.3 Å². The number of anilines is 1. The van der Waals surface area contributed by atoms with Crippen LogP contribution in [0.1, 0.15) is 17.2 Å². The molecular formula is C15H15BrN2O3. The molecular weight excluding hydrogens is 336 g/mol. The van der Waals surface area contributed by atoms with Gasteiger partial charge in [0.1, 0.15) is 19.0 Å². The predicted molar refractivity (Wildman–Crippen MR) is 82.4 cm³/mol. The molecule has 0 amide bonds. The second kappa shape index (κ2) is 5.91. The van der Waals surface area contributed by atoms with Gasteiger partial charge in [0, 0.05) is 12.6 Å². The predicted octanol–water partition coefficient (Wildman–Crippen LogP) is 2.47. The van der Waals surface area contributed by atoms with Crippen molar-refractivity contribution in [2.75, 3.05) is 18.9 Å². The normalized spacial score (nSPS) is 14.8. The van der Waals surface area contributed by atoms with E-state index < -0.39 is 6.10 Å². The third-order valence-corrected chi connectivity index (χ3v) is 3.87. The fraction of sp³-hybridized carbons (Fsp3) is 0.267. The first-order valence-corrected chi connectivity index (χ1v) is 7.40. The molecule has 6 heteroatoms. The summed E-state index contributed by atoms with van der Waals surface area (Å²) in [6, 6.07) is 7.26. The number of hydrogen-bond acceptors (Lipinski definition) is 5. The van der Waals surface area contributed by atoms with Crippen LogP contribution in [0.5, 0.6) is 11.5 Å². The number of aliphatic hydroxyl groups is 1. The average molecular weight is 351 g/mol. The van der Waals surface area contributed by atoms with Gasteiger partial charge in [0.2, 0.25) is 0 Å². The Labute approximate surface area is 130 Å². The Balaban J connectivity index is 1.84. The zero-order valence-corrected chi connectivity index (χ0v) is 12.8. The van der Waals surface area contributed by atoms with Crippen molar-refractivity contribution in [2.24, 2.45) is 0 Å². The van der Waals surface area contributed by atoms with Crippen LogP contribution in [0.2, 0.25) is 0 Å². The molecule has 0 saturated carbocycles. The summed E-state index contributed by atoms with van der Waals surface area (Å²) in [4.78, 5) is 3.94. The summed E-state index contributed by atoms with van der Waals surface area (Å²) in [5.74, 6) is 1.78. The Hall–Kier alpha value is -1.79. The summed E-state index contributed by atoms with van der Waals surface area (Å²) >= 11 is 3.45. The number of nitrogen functional groups attached to an aromatic ring is 1. The number of halogens is 1. The minimum atomic E-state index is -0.654. The number of nitrogens with zero attached hydrogens (tertiary/aromatic N) is 1. The molecule has 3 N–H and O–H groups in total. The zero-order chi connectivity index (χ0) is 14.8. The summed E-state index contributed by atoms with van der Waals surface area (Å²) in [7, 11) is 0. The number of aromatic nitrogens is 1. The van der Waals surface area contributed by atoms with E-state index in [0.717, 1.165) is 15.6 Å². The van der Waals surface area contributed by atoms with Crippen LogP contribution in [-0.4, -0.2) is 23.3 Å². The molecule has 1 aromatic heterocycles.